The molecule has 20 heavy (non-hydrogen) atoms. The molecular weight excluding hydrogens is 274 g/mol. The van der Waals surface area contributed by atoms with Crippen LogP contribution in [0.2, 0.25) is 0 Å². The lowest BCUT2D eigenvalue weighted by molar-refractivity contribution is 0.0588. The van der Waals surface area contributed by atoms with Crippen molar-refractivity contribution in [2.75, 3.05) is 13.1 Å². The van der Waals surface area contributed by atoms with Gasteiger partial charge in [-0.2, -0.15) is 0 Å². The maximum atomic E-state index is 9.62. The van der Waals surface area contributed by atoms with E-state index < -0.39 is 0 Å². The van der Waals surface area contributed by atoms with Gasteiger partial charge in [0.05, 0.1) is 12.8 Å². The van der Waals surface area contributed by atoms with Crippen LogP contribution in [0.4, 0.5) is 0 Å². The first-order valence-corrected chi connectivity index (χ1v) is 7.67. The summed E-state index contributed by atoms with van der Waals surface area (Å²) in [4.78, 5) is 2.75. The van der Waals surface area contributed by atoms with Crippen LogP contribution in [0.15, 0.2) is 4.42 Å². The number of hydrogen-bond donors (Lipinski definition) is 1. The van der Waals surface area contributed by atoms with Crippen molar-refractivity contribution in [1.82, 2.24) is 14.7 Å². The van der Waals surface area contributed by atoms with Gasteiger partial charge in [-0.25, -0.2) is 4.68 Å². The zero-order chi connectivity index (χ0) is 14.9. The number of aromatic nitrogens is 2. The van der Waals surface area contributed by atoms with E-state index in [0.29, 0.717) is 23.3 Å². The van der Waals surface area contributed by atoms with Crippen LogP contribution in [-0.4, -0.2) is 39.0 Å². The molecule has 2 rings (SSSR count). The Morgan fingerprint density at radius 1 is 1.40 bits per heavy atom. The first-order chi connectivity index (χ1) is 9.27. The van der Waals surface area contributed by atoms with E-state index in [9.17, 15) is 5.11 Å². The van der Waals surface area contributed by atoms with Gasteiger partial charge in [0.15, 0.2) is 0 Å². The molecule has 1 aliphatic rings. The summed E-state index contributed by atoms with van der Waals surface area (Å²) in [5.41, 5.74) is -0.127. The van der Waals surface area contributed by atoms with Crippen molar-refractivity contribution in [1.29, 1.82) is 0 Å². The second kappa shape index (κ2) is 5.95. The van der Waals surface area contributed by atoms with Crippen LogP contribution in [0.3, 0.4) is 0 Å². The largest absolute Gasteiger partial charge is 0.413 e. The monoisotopic (exact) mass is 299 g/mol. The van der Waals surface area contributed by atoms with Crippen LogP contribution in [-0.2, 0) is 12.1 Å². The van der Waals surface area contributed by atoms with Crippen molar-refractivity contribution in [2.24, 2.45) is 5.92 Å². The molecule has 0 radical (unpaired) electrons. The Bertz CT molecular complexity index is 493. The van der Waals surface area contributed by atoms with Crippen LogP contribution in [0, 0.1) is 10.8 Å². The molecule has 1 aliphatic heterocycles. The number of likely N-dealkylation sites (tertiary alicyclic amines) is 1. The van der Waals surface area contributed by atoms with Gasteiger partial charge in [-0.1, -0.05) is 20.8 Å². The summed E-state index contributed by atoms with van der Waals surface area (Å²) in [5, 5.41) is 14.1. The van der Waals surface area contributed by atoms with Gasteiger partial charge in [-0.15, -0.1) is 5.10 Å². The summed E-state index contributed by atoms with van der Waals surface area (Å²) >= 11 is 5.24. The fourth-order valence-electron chi connectivity index (χ4n) is 2.46. The van der Waals surface area contributed by atoms with Gasteiger partial charge < -0.3 is 9.52 Å². The third-order valence-corrected chi connectivity index (χ3v) is 4.19. The van der Waals surface area contributed by atoms with Crippen molar-refractivity contribution < 1.29 is 9.52 Å². The Morgan fingerprint density at radius 2 is 2.00 bits per heavy atom. The van der Waals surface area contributed by atoms with Gasteiger partial charge in [0.2, 0.25) is 5.89 Å². The van der Waals surface area contributed by atoms with Crippen LogP contribution in [0.5, 0.6) is 0 Å². The zero-order valence-corrected chi connectivity index (χ0v) is 13.6. The number of aliphatic hydroxyl groups excluding tert-OH is 1. The van der Waals surface area contributed by atoms with Crippen molar-refractivity contribution in [3.8, 4) is 0 Å². The summed E-state index contributed by atoms with van der Waals surface area (Å²) < 4.78 is 7.34. The smallest absolute Gasteiger partial charge is 0.288 e. The van der Waals surface area contributed by atoms with Crippen LogP contribution in [0.25, 0.3) is 0 Å². The summed E-state index contributed by atoms with van der Waals surface area (Å²) in [5.74, 6) is 1.10. The summed E-state index contributed by atoms with van der Waals surface area (Å²) in [7, 11) is 0. The lowest BCUT2D eigenvalue weighted by Crippen LogP contribution is -2.38. The van der Waals surface area contributed by atoms with E-state index in [1.807, 2.05) is 6.92 Å². The van der Waals surface area contributed by atoms with Crippen LogP contribution in [0.1, 0.15) is 46.4 Å². The third-order valence-electron chi connectivity index (χ3n) is 3.90. The Hall–Kier alpha value is -0.720. The normalized spacial score (nSPS) is 20.2. The molecular formula is C14H25N3O2S. The highest BCUT2D eigenvalue weighted by molar-refractivity contribution is 7.71. The maximum absolute atomic E-state index is 9.62. The zero-order valence-electron chi connectivity index (χ0n) is 12.8. The second-order valence-electron chi connectivity index (χ2n) is 6.76. The topological polar surface area (TPSA) is 54.4 Å². The molecule has 5 nitrogen and oxygen atoms in total. The van der Waals surface area contributed by atoms with E-state index in [2.05, 4.69) is 30.8 Å². The van der Waals surface area contributed by atoms with E-state index in [-0.39, 0.29) is 11.5 Å². The highest BCUT2D eigenvalue weighted by Crippen LogP contribution is 2.23. The van der Waals surface area contributed by atoms with Crippen molar-refractivity contribution in [3.63, 3.8) is 0 Å². The predicted molar refractivity (Wildman–Crippen MR) is 80.0 cm³/mol. The predicted octanol–water partition coefficient (Wildman–Crippen LogP) is 2.55. The van der Waals surface area contributed by atoms with E-state index >= 15 is 0 Å². The number of aliphatic hydroxyl groups is 1. The van der Waals surface area contributed by atoms with Crippen molar-refractivity contribution in [2.45, 2.75) is 58.7 Å². The quantitative estimate of drug-likeness (QED) is 0.869. The maximum Gasteiger partial charge on any atom is 0.288 e. The Labute approximate surface area is 125 Å². The fraction of sp³-hybridized carbons (Fsp3) is 0.857. The minimum Gasteiger partial charge on any atom is -0.413 e. The first kappa shape index (κ1) is 15.7. The van der Waals surface area contributed by atoms with Crippen LogP contribution < -0.4 is 0 Å². The van der Waals surface area contributed by atoms with Gasteiger partial charge in [-0.05, 0) is 37.9 Å². The molecule has 1 saturated heterocycles. The minimum atomic E-state index is -0.209. The fourth-order valence-corrected chi connectivity index (χ4v) is 2.64. The Kier molecular flexibility index (Phi) is 4.66. The summed E-state index contributed by atoms with van der Waals surface area (Å²) in [6.07, 6.45) is 1.84. The Balaban J connectivity index is 1.98. The van der Waals surface area contributed by atoms with E-state index in [4.69, 9.17) is 16.6 Å². The van der Waals surface area contributed by atoms with Gasteiger partial charge >= 0.3 is 0 Å². The lowest BCUT2D eigenvalue weighted by atomic mass is 9.92. The summed E-state index contributed by atoms with van der Waals surface area (Å²) in [6, 6.07) is 0. The van der Waals surface area contributed by atoms with Crippen LogP contribution >= 0.6 is 12.2 Å². The molecule has 0 aliphatic carbocycles. The molecule has 6 heteroatoms. The number of nitrogens with zero attached hydrogens (tertiary/aromatic N) is 3. The van der Waals surface area contributed by atoms with E-state index in [1.165, 1.54) is 0 Å². The first-order valence-electron chi connectivity index (χ1n) is 7.26. The lowest BCUT2D eigenvalue weighted by Gasteiger charge is -2.32. The molecule has 0 amide bonds. The molecule has 0 saturated carbocycles. The van der Waals surface area contributed by atoms with Gasteiger partial charge in [0.1, 0.15) is 0 Å². The molecule has 1 aromatic rings. The Morgan fingerprint density at radius 3 is 2.45 bits per heavy atom. The summed E-state index contributed by atoms with van der Waals surface area (Å²) in [6.45, 7) is 10.7. The molecule has 0 spiro atoms. The molecule has 1 fully saturated rings. The minimum absolute atomic E-state index is 0.127. The molecule has 2 heterocycles. The van der Waals surface area contributed by atoms with Crippen molar-refractivity contribution in [3.05, 3.63) is 10.7 Å². The number of hydrogen-bond acceptors (Lipinski definition) is 5. The number of rotatable bonds is 3. The molecule has 1 unspecified atom stereocenters. The van der Waals surface area contributed by atoms with Gasteiger partial charge in [0.25, 0.3) is 4.84 Å². The second-order valence-corrected chi connectivity index (χ2v) is 7.11. The SMILES string of the molecule is CC(O)C1CCN(Cn2nc(C(C)(C)C)oc2=S)CC1. The van der Waals surface area contributed by atoms with Gasteiger partial charge in [0, 0.05) is 18.5 Å². The molecule has 0 bridgehead atoms. The average molecular weight is 299 g/mol. The molecule has 114 valence electrons. The molecule has 1 atom stereocenters. The van der Waals surface area contributed by atoms with E-state index in [1.54, 1.807) is 4.68 Å². The molecule has 1 N–H and O–H groups in total. The highest BCUT2D eigenvalue weighted by atomic mass is 32.1. The van der Waals surface area contributed by atoms with E-state index in [0.717, 1.165) is 25.9 Å². The average Bonchev–Trinajstić information content (AvgIpc) is 2.71. The standard InChI is InChI=1S/C14H25N3O2S/c1-10(18)11-5-7-16(8-6-11)9-17-13(20)19-12(15-17)14(2,3)4/h10-11,18H,5-9H2,1-4H3. The molecule has 1 aromatic heterocycles. The van der Waals surface area contributed by atoms with Crippen molar-refractivity contribution >= 4 is 12.2 Å². The highest BCUT2D eigenvalue weighted by Gasteiger charge is 2.25. The third kappa shape index (κ3) is 3.68. The number of piperidine rings is 1. The van der Waals surface area contributed by atoms with Gasteiger partial charge in [-0.3, -0.25) is 4.90 Å². The molecule has 0 aromatic carbocycles.